The van der Waals surface area contributed by atoms with E-state index in [0.29, 0.717) is 13.2 Å². The summed E-state index contributed by atoms with van der Waals surface area (Å²) in [5, 5.41) is 14.8. The first-order valence-electron chi connectivity index (χ1n) is 7.67. The van der Waals surface area contributed by atoms with E-state index < -0.39 is 0 Å². The molecule has 0 radical (unpaired) electrons. The Labute approximate surface area is 139 Å². The van der Waals surface area contributed by atoms with Crippen molar-refractivity contribution in [1.29, 1.82) is 0 Å². The van der Waals surface area contributed by atoms with E-state index in [1.165, 1.54) is 12.1 Å². The van der Waals surface area contributed by atoms with Gasteiger partial charge in [0.2, 0.25) is 0 Å². The second kappa shape index (κ2) is 7.37. The maximum Gasteiger partial charge on any atom is 0.123 e. The molecule has 7 heteroatoms. The average molecular weight is 329 g/mol. The number of halogens is 1. The van der Waals surface area contributed by atoms with E-state index in [2.05, 4.69) is 20.6 Å². The lowest BCUT2D eigenvalue weighted by atomic mass is 10.1. The summed E-state index contributed by atoms with van der Waals surface area (Å²) in [6.45, 7) is 1.13. The van der Waals surface area contributed by atoms with Crippen LogP contribution in [0, 0.1) is 5.82 Å². The summed E-state index contributed by atoms with van der Waals surface area (Å²) in [5.41, 5.74) is 3.83. The molecular formula is C17H20FN5O. The monoisotopic (exact) mass is 329 g/mol. The minimum Gasteiger partial charge on any atom is -0.383 e. The molecule has 6 nitrogen and oxygen atoms in total. The van der Waals surface area contributed by atoms with Gasteiger partial charge < -0.3 is 10.1 Å². The van der Waals surface area contributed by atoms with Gasteiger partial charge in [-0.05, 0) is 30.3 Å². The molecule has 3 aromatic rings. The van der Waals surface area contributed by atoms with E-state index in [1.807, 2.05) is 17.8 Å². The summed E-state index contributed by atoms with van der Waals surface area (Å²) in [6.07, 6.45) is 3.54. The van der Waals surface area contributed by atoms with Crippen molar-refractivity contribution in [2.24, 2.45) is 7.05 Å². The Bertz CT molecular complexity index is 780. The van der Waals surface area contributed by atoms with Crippen molar-refractivity contribution in [3.8, 4) is 11.3 Å². The highest BCUT2D eigenvalue weighted by Gasteiger charge is 2.16. The van der Waals surface area contributed by atoms with Crippen LogP contribution in [0.4, 0.5) is 4.39 Å². The molecule has 0 bridgehead atoms. The molecule has 0 aliphatic heterocycles. The Morgan fingerprint density at radius 2 is 2.08 bits per heavy atom. The van der Waals surface area contributed by atoms with E-state index in [4.69, 9.17) is 4.74 Å². The van der Waals surface area contributed by atoms with E-state index in [1.54, 1.807) is 31.6 Å². The van der Waals surface area contributed by atoms with Gasteiger partial charge in [-0.2, -0.15) is 10.2 Å². The number of nitrogens with one attached hydrogen (secondary N) is 2. The lowest BCUT2D eigenvalue weighted by Crippen LogP contribution is -2.27. The molecule has 1 aromatic carbocycles. The Morgan fingerprint density at radius 1 is 1.29 bits per heavy atom. The third kappa shape index (κ3) is 3.52. The highest BCUT2D eigenvalue weighted by atomic mass is 19.1. The molecule has 24 heavy (non-hydrogen) atoms. The number of aromatic nitrogens is 4. The summed E-state index contributed by atoms with van der Waals surface area (Å²) < 4.78 is 20.2. The third-order valence-corrected chi connectivity index (χ3v) is 3.94. The van der Waals surface area contributed by atoms with Gasteiger partial charge >= 0.3 is 0 Å². The average Bonchev–Trinajstić information content (AvgIpc) is 3.21. The van der Waals surface area contributed by atoms with E-state index >= 15 is 0 Å². The lowest BCUT2D eigenvalue weighted by molar-refractivity contribution is 0.163. The maximum absolute atomic E-state index is 13.1. The molecule has 2 heterocycles. The Kier molecular flexibility index (Phi) is 5.02. The fourth-order valence-electron chi connectivity index (χ4n) is 2.69. The Morgan fingerprint density at radius 3 is 2.75 bits per heavy atom. The highest BCUT2D eigenvalue weighted by molar-refractivity contribution is 5.62. The van der Waals surface area contributed by atoms with Gasteiger partial charge in [0.25, 0.3) is 0 Å². The molecular weight excluding hydrogens is 309 g/mol. The normalized spacial score (nSPS) is 12.5. The first kappa shape index (κ1) is 16.4. The molecule has 0 saturated heterocycles. The van der Waals surface area contributed by atoms with Crippen molar-refractivity contribution in [3.05, 3.63) is 59.8 Å². The van der Waals surface area contributed by atoms with Gasteiger partial charge in [-0.1, -0.05) is 0 Å². The molecule has 0 saturated carbocycles. The van der Waals surface area contributed by atoms with Crippen LogP contribution in [0.1, 0.15) is 17.3 Å². The van der Waals surface area contributed by atoms with Crippen molar-refractivity contribution in [1.82, 2.24) is 25.3 Å². The first-order chi connectivity index (χ1) is 11.7. The van der Waals surface area contributed by atoms with Gasteiger partial charge in [0, 0.05) is 38.0 Å². The summed E-state index contributed by atoms with van der Waals surface area (Å²) in [7, 11) is 3.58. The Hall–Kier alpha value is -2.51. The summed E-state index contributed by atoms with van der Waals surface area (Å²) in [6, 6.07) is 8.33. The summed E-state index contributed by atoms with van der Waals surface area (Å²) in [5.74, 6) is -0.255. The number of benzene rings is 1. The number of hydrogen-bond donors (Lipinski definition) is 2. The predicted octanol–water partition coefficient (Wildman–Crippen LogP) is 2.43. The van der Waals surface area contributed by atoms with Crippen molar-refractivity contribution in [2.75, 3.05) is 13.7 Å². The topological polar surface area (TPSA) is 67.8 Å². The first-order valence-corrected chi connectivity index (χ1v) is 7.67. The molecule has 0 spiro atoms. The number of aromatic amines is 1. The number of ether oxygens (including phenoxy) is 1. The number of hydrogen-bond acceptors (Lipinski definition) is 4. The zero-order chi connectivity index (χ0) is 16.9. The lowest BCUT2D eigenvalue weighted by Gasteiger charge is -2.18. The van der Waals surface area contributed by atoms with E-state index in [9.17, 15) is 4.39 Å². The molecule has 0 aliphatic rings. The highest BCUT2D eigenvalue weighted by Crippen LogP contribution is 2.22. The summed E-state index contributed by atoms with van der Waals surface area (Å²) in [4.78, 5) is 0. The number of rotatable bonds is 7. The largest absolute Gasteiger partial charge is 0.383 e. The van der Waals surface area contributed by atoms with Crippen LogP contribution in [-0.4, -0.2) is 33.7 Å². The molecule has 126 valence electrons. The van der Waals surface area contributed by atoms with Crippen LogP contribution in [0.2, 0.25) is 0 Å². The van der Waals surface area contributed by atoms with Crippen LogP contribution in [0.5, 0.6) is 0 Å². The number of aryl methyl sites for hydroxylation is 1. The van der Waals surface area contributed by atoms with Crippen LogP contribution in [-0.2, 0) is 18.3 Å². The van der Waals surface area contributed by atoms with E-state index in [-0.39, 0.29) is 11.9 Å². The SMILES string of the molecule is COCC(NCc1cn[nH]c1-c1ccc(F)cc1)c1ccnn1C. The predicted molar refractivity (Wildman–Crippen MR) is 88.6 cm³/mol. The molecule has 1 unspecified atom stereocenters. The van der Waals surface area contributed by atoms with Gasteiger partial charge in [0.15, 0.2) is 0 Å². The smallest absolute Gasteiger partial charge is 0.123 e. The quantitative estimate of drug-likeness (QED) is 0.698. The summed E-state index contributed by atoms with van der Waals surface area (Å²) >= 11 is 0. The van der Waals surface area contributed by atoms with Crippen molar-refractivity contribution >= 4 is 0 Å². The molecule has 0 fully saturated rings. The van der Waals surface area contributed by atoms with Gasteiger partial charge in [-0.15, -0.1) is 0 Å². The van der Waals surface area contributed by atoms with Gasteiger partial charge in [0.1, 0.15) is 5.82 Å². The van der Waals surface area contributed by atoms with Crippen molar-refractivity contribution in [2.45, 2.75) is 12.6 Å². The van der Waals surface area contributed by atoms with E-state index in [0.717, 1.165) is 22.5 Å². The van der Waals surface area contributed by atoms with Crippen LogP contribution in [0.25, 0.3) is 11.3 Å². The van der Waals surface area contributed by atoms with Crippen LogP contribution >= 0.6 is 0 Å². The van der Waals surface area contributed by atoms with Crippen molar-refractivity contribution < 1.29 is 9.13 Å². The van der Waals surface area contributed by atoms with Gasteiger partial charge in [-0.25, -0.2) is 4.39 Å². The second-order valence-electron chi connectivity index (χ2n) is 5.55. The molecule has 1 atom stereocenters. The van der Waals surface area contributed by atoms with Gasteiger partial charge in [-0.3, -0.25) is 9.78 Å². The minimum absolute atomic E-state index is 0.0125. The molecule has 3 rings (SSSR count). The van der Waals surface area contributed by atoms with Crippen LogP contribution in [0.15, 0.2) is 42.7 Å². The fraction of sp³-hybridized carbons (Fsp3) is 0.294. The maximum atomic E-state index is 13.1. The van der Waals surface area contributed by atoms with Gasteiger partial charge in [0.05, 0.1) is 30.2 Å². The van der Waals surface area contributed by atoms with Crippen LogP contribution < -0.4 is 5.32 Å². The van der Waals surface area contributed by atoms with Crippen LogP contribution in [0.3, 0.4) is 0 Å². The standard InChI is InChI=1S/C17H20FN5O/c1-23-16(7-8-21-23)15(11-24-2)19-9-13-10-20-22-17(13)12-3-5-14(18)6-4-12/h3-8,10,15,19H,9,11H2,1-2H3,(H,20,22). The second-order valence-corrected chi connectivity index (χ2v) is 5.55. The number of methoxy groups -OCH3 is 1. The zero-order valence-electron chi connectivity index (χ0n) is 13.7. The Balaban J connectivity index is 1.75. The fourth-order valence-corrected chi connectivity index (χ4v) is 2.69. The molecule has 0 amide bonds. The number of nitrogens with zero attached hydrogens (tertiary/aromatic N) is 3. The van der Waals surface area contributed by atoms with Crippen molar-refractivity contribution in [3.63, 3.8) is 0 Å². The third-order valence-electron chi connectivity index (χ3n) is 3.94. The molecule has 2 aromatic heterocycles. The zero-order valence-corrected chi connectivity index (χ0v) is 13.7. The molecule has 2 N–H and O–H groups in total. The molecule has 0 aliphatic carbocycles. The number of H-pyrrole nitrogens is 1. The minimum atomic E-state index is -0.255.